The third-order valence-electron chi connectivity index (χ3n) is 4.70. The number of benzene rings is 2. The van der Waals surface area contributed by atoms with E-state index in [2.05, 4.69) is 51.6 Å². The molecular formula is C22H17FN2S. The van der Waals surface area contributed by atoms with Gasteiger partial charge >= 0.3 is 0 Å². The number of isothiocyanates is 1. The average Bonchev–Trinajstić information content (AvgIpc) is 3.47. The molecule has 26 heavy (non-hydrogen) atoms. The average molecular weight is 360 g/mol. The van der Waals surface area contributed by atoms with E-state index in [0.29, 0.717) is 5.56 Å². The van der Waals surface area contributed by atoms with Crippen molar-refractivity contribution in [3.63, 3.8) is 0 Å². The van der Waals surface area contributed by atoms with Crippen LogP contribution in [0.1, 0.15) is 18.4 Å². The Balaban J connectivity index is 1.55. The van der Waals surface area contributed by atoms with E-state index in [0.717, 1.165) is 17.0 Å². The number of rotatable bonds is 5. The highest BCUT2D eigenvalue weighted by Gasteiger charge is 2.21. The van der Waals surface area contributed by atoms with Crippen LogP contribution in [0.4, 0.5) is 10.2 Å². The van der Waals surface area contributed by atoms with Crippen LogP contribution in [0.25, 0.3) is 22.3 Å². The zero-order valence-corrected chi connectivity index (χ0v) is 15.0. The predicted molar refractivity (Wildman–Crippen MR) is 106 cm³/mol. The first-order valence-corrected chi connectivity index (χ1v) is 9.07. The minimum atomic E-state index is -0.374. The molecule has 1 aliphatic carbocycles. The minimum absolute atomic E-state index is 0.226. The molecular weight excluding hydrogens is 343 g/mol. The first kappa shape index (κ1) is 16.8. The summed E-state index contributed by atoms with van der Waals surface area (Å²) in [7, 11) is 0. The lowest BCUT2D eigenvalue weighted by molar-refractivity contribution is 0.629. The summed E-state index contributed by atoms with van der Waals surface area (Å²) >= 11 is 4.52. The maximum absolute atomic E-state index is 14.3. The highest BCUT2D eigenvalue weighted by atomic mass is 32.1. The Morgan fingerprint density at radius 2 is 1.62 bits per heavy atom. The summed E-state index contributed by atoms with van der Waals surface area (Å²) in [6.45, 7) is 0. The number of thiocarbonyl (C=S) groups is 1. The van der Waals surface area contributed by atoms with Crippen molar-refractivity contribution in [2.75, 3.05) is 0 Å². The number of hydrogen-bond donors (Lipinski definition) is 0. The maximum Gasteiger partial charge on any atom is 0.165 e. The van der Waals surface area contributed by atoms with Gasteiger partial charge in [0.15, 0.2) is 5.82 Å². The van der Waals surface area contributed by atoms with Gasteiger partial charge in [-0.25, -0.2) is 9.37 Å². The Hall–Kier alpha value is -2.68. The second-order valence-electron chi connectivity index (χ2n) is 6.65. The molecule has 3 aromatic rings. The monoisotopic (exact) mass is 360 g/mol. The first-order valence-electron chi connectivity index (χ1n) is 8.66. The van der Waals surface area contributed by atoms with Gasteiger partial charge in [-0.15, -0.1) is 0 Å². The fourth-order valence-corrected chi connectivity index (χ4v) is 3.17. The molecule has 1 aromatic heterocycles. The van der Waals surface area contributed by atoms with Gasteiger partial charge in [-0.3, -0.25) is 0 Å². The molecule has 1 aliphatic rings. The molecule has 4 rings (SSSR count). The molecule has 0 N–H and O–H groups in total. The summed E-state index contributed by atoms with van der Waals surface area (Å²) in [5, 5.41) is 2.19. The summed E-state index contributed by atoms with van der Waals surface area (Å²) in [5.74, 6) is 0.745. The molecule has 1 heterocycles. The second-order valence-corrected chi connectivity index (χ2v) is 6.83. The molecule has 0 atom stereocenters. The van der Waals surface area contributed by atoms with E-state index in [9.17, 15) is 4.39 Å². The summed E-state index contributed by atoms with van der Waals surface area (Å²) in [6.07, 6.45) is 5.40. The third-order valence-corrected chi connectivity index (χ3v) is 4.79. The smallest absolute Gasteiger partial charge is 0.165 e. The minimum Gasteiger partial charge on any atom is -0.236 e. The molecule has 0 amide bonds. The Kier molecular flexibility index (Phi) is 4.70. The fourth-order valence-electron chi connectivity index (χ4n) is 3.07. The molecule has 0 aliphatic heterocycles. The second kappa shape index (κ2) is 7.28. The molecule has 0 saturated heterocycles. The van der Waals surface area contributed by atoms with Crippen molar-refractivity contribution in [2.24, 2.45) is 10.9 Å². The van der Waals surface area contributed by atoms with Crippen molar-refractivity contribution >= 4 is 23.2 Å². The van der Waals surface area contributed by atoms with Crippen LogP contribution in [0.15, 0.2) is 65.8 Å². The molecule has 128 valence electrons. The SMILES string of the molecule is Fc1cc(N=C=S)ncc1-c1ccc(-c2ccc(CC3CC3)cc2)cc1. The normalized spacial score (nSPS) is 13.3. The topological polar surface area (TPSA) is 25.2 Å². The number of pyridine rings is 1. The van der Waals surface area contributed by atoms with Crippen LogP contribution in [-0.2, 0) is 6.42 Å². The summed E-state index contributed by atoms with van der Waals surface area (Å²) in [4.78, 5) is 7.79. The van der Waals surface area contributed by atoms with Crippen LogP contribution in [0.2, 0.25) is 0 Å². The van der Waals surface area contributed by atoms with E-state index >= 15 is 0 Å². The van der Waals surface area contributed by atoms with E-state index in [1.165, 1.54) is 42.7 Å². The van der Waals surface area contributed by atoms with Gasteiger partial charge in [0.1, 0.15) is 5.82 Å². The molecule has 0 radical (unpaired) electrons. The summed E-state index contributed by atoms with van der Waals surface area (Å²) < 4.78 is 14.3. The lowest BCUT2D eigenvalue weighted by atomic mass is 9.99. The molecule has 2 nitrogen and oxygen atoms in total. The Bertz CT molecular complexity index is 970. The number of aromatic nitrogens is 1. The van der Waals surface area contributed by atoms with E-state index in [4.69, 9.17) is 0 Å². The van der Waals surface area contributed by atoms with Gasteiger partial charge < -0.3 is 0 Å². The van der Waals surface area contributed by atoms with Crippen molar-refractivity contribution in [3.05, 3.63) is 72.2 Å². The van der Waals surface area contributed by atoms with Crippen molar-refractivity contribution in [2.45, 2.75) is 19.3 Å². The van der Waals surface area contributed by atoms with Crippen molar-refractivity contribution < 1.29 is 4.39 Å². The molecule has 0 unspecified atom stereocenters. The number of aliphatic imine (C=N–C) groups is 1. The van der Waals surface area contributed by atoms with Crippen molar-refractivity contribution in [3.8, 4) is 22.3 Å². The van der Waals surface area contributed by atoms with Gasteiger partial charge in [0, 0.05) is 17.8 Å². The van der Waals surface area contributed by atoms with E-state index < -0.39 is 0 Å². The van der Waals surface area contributed by atoms with Crippen LogP contribution in [0.3, 0.4) is 0 Å². The van der Waals surface area contributed by atoms with Crippen LogP contribution < -0.4 is 0 Å². The number of hydrogen-bond acceptors (Lipinski definition) is 3. The first-order chi connectivity index (χ1) is 12.7. The summed E-state index contributed by atoms with van der Waals surface area (Å²) in [6, 6.07) is 17.8. The third kappa shape index (κ3) is 3.77. The zero-order chi connectivity index (χ0) is 17.9. The highest BCUT2D eigenvalue weighted by Crippen LogP contribution is 2.33. The van der Waals surface area contributed by atoms with E-state index in [1.807, 2.05) is 24.3 Å². The lowest BCUT2D eigenvalue weighted by Gasteiger charge is -2.07. The van der Waals surface area contributed by atoms with Crippen molar-refractivity contribution in [1.29, 1.82) is 0 Å². The molecule has 0 spiro atoms. The zero-order valence-electron chi connectivity index (χ0n) is 14.2. The van der Waals surface area contributed by atoms with Gasteiger partial charge in [-0.2, -0.15) is 4.99 Å². The van der Waals surface area contributed by atoms with Crippen LogP contribution in [-0.4, -0.2) is 10.1 Å². The standard InChI is InChI=1S/C22H17FN2S/c23-21-12-22(25-14-26)24-13-20(21)19-9-7-18(8-10-19)17-5-3-16(4-6-17)11-15-1-2-15/h3-10,12-13,15H,1-2,11H2. The fraction of sp³-hybridized carbons (Fsp3) is 0.182. The van der Waals surface area contributed by atoms with Crippen LogP contribution >= 0.6 is 12.2 Å². The van der Waals surface area contributed by atoms with Gasteiger partial charge in [0.2, 0.25) is 0 Å². The Morgan fingerprint density at radius 3 is 2.19 bits per heavy atom. The van der Waals surface area contributed by atoms with Gasteiger partial charge in [0.25, 0.3) is 0 Å². The Labute approximate surface area is 157 Å². The highest BCUT2D eigenvalue weighted by molar-refractivity contribution is 7.78. The van der Waals surface area contributed by atoms with Gasteiger partial charge in [-0.05, 0) is 59.7 Å². The van der Waals surface area contributed by atoms with E-state index in [1.54, 1.807) is 0 Å². The molecule has 1 fully saturated rings. The lowest BCUT2D eigenvalue weighted by Crippen LogP contribution is -1.88. The predicted octanol–water partition coefficient (Wildman–Crippen LogP) is 6.24. The molecule has 1 saturated carbocycles. The largest absolute Gasteiger partial charge is 0.236 e. The number of halogens is 1. The van der Waals surface area contributed by atoms with Crippen molar-refractivity contribution in [1.82, 2.24) is 4.98 Å². The quantitative estimate of drug-likeness (QED) is 0.397. The molecule has 2 aromatic carbocycles. The molecule has 4 heteroatoms. The summed E-state index contributed by atoms with van der Waals surface area (Å²) in [5.41, 5.74) is 4.91. The molecule has 0 bridgehead atoms. The number of nitrogens with zero attached hydrogens (tertiary/aromatic N) is 2. The van der Waals surface area contributed by atoms with E-state index in [-0.39, 0.29) is 11.6 Å². The van der Waals surface area contributed by atoms with Crippen LogP contribution in [0, 0.1) is 11.7 Å². The van der Waals surface area contributed by atoms with Crippen LogP contribution in [0.5, 0.6) is 0 Å². The van der Waals surface area contributed by atoms with Gasteiger partial charge in [-0.1, -0.05) is 48.5 Å². The Morgan fingerprint density at radius 1 is 1.00 bits per heavy atom. The van der Waals surface area contributed by atoms with Gasteiger partial charge in [0.05, 0.1) is 5.16 Å². The maximum atomic E-state index is 14.3.